The molecule has 158 valence electrons. The van der Waals surface area contributed by atoms with E-state index in [0.29, 0.717) is 13.0 Å². The van der Waals surface area contributed by atoms with Crippen LogP contribution in [0.4, 0.5) is 4.79 Å². The predicted molar refractivity (Wildman–Crippen MR) is 113 cm³/mol. The van der Waals surface area contributed by atoms with Gasteiger partial charge in [-0.2, -0.15) is 0 Å². The Kier molecular flexibility index (Phi) is 7.18. The van der Waals surface area contributed by atoms with Gasteiger partial charge in [0.15, 0.2) is 0 Å². The van der Waals surface area contributed by atoms with Gasteiger partial charge in [0.25, 0.3) is 0 Å². The molecule has 29 heavy (non-hydrogen) atoms. The van der Waals surface area contributed by atoms with E-state index in [9.17, 15) is 9.59 Å². The Hall–Kier alpha value is -2.50. The van der Waals surface area contributed by atoms with Gasteiger partial charge in [0.2, 0.25) is 0 Å². The van der Waals surface area contributed by atoms with Crippen LogP contribution in [0.3, 0.4) is 0 Å². The first-order chi connectivity index (χ1) is 13.9. The number of likely N-dealkylation sites (N-methyl/N-ethyl adjacent to an activating group) is 1. The van der Waals surface area contributed by atoms with Crippen molar-refractivity contribution in [3.63, 3.8) is 0 Å². The molecule has 1 aromatic heterocycles. The van der Waals surface area contributed by atoms with Gasteiger partial charge < -0.3 is 19.4 Å². The third-order valence-electron chi connectivity index (χ3n) is 5.42. The second kappa shape index (κ2) is 9.81. The number of carbonyl (C=O) groups is 2. The standard InChI is InChI=1S/C23H32N2O4/c1-16(2)28-22(26)15-21-19(18-11-7-8-12-20(18)24-21)13-14-25(3)23(27)29-17-9-5-4-6-10-17/h7-8,11-12,16-17,24H,4-6,9-10,13-15H2,1-3H3. The van der Waals surface area contributed by atoms with Crippen LogP contribution in [-0.4, -0.2) is 47.7 Å². The summed E-state index contributed by atoms with van der Waals surface area (Å²) in [5.74, 6) is -0.252. The summed E-state index contributed by atoms with van der Waals surface area (Å²) in [7, 11) is 1.77. The van der Waals surface area contributed by atoms with Crippen molar-refractivity contribution in [2.24, 2.45) is 0 Å². The topological polar surface area (TPSA) is 71.6 Å². The largest absolute Gasteiger partial charge is 0.463 e. The third kappa shape index (κ3) is 5.75. The van der Waals surface area contributed by atoms with E-state index >= 15 is 0 Å². The first kappa shape index (κ1) is 21.2. The van der Waals surface area contributed by atoms with Gasteiger partial charge in [0.1, 0.15) is 6.10 Å². The lowest BCUT2D eigenvalue weighted by Crippen LogP contribution is -2.33. The van der Waals surface area contributed by atoms with Crippen LogP contribution in [0.5, 0.6) is 0 Å². The molecule has 1 saturated carbocycles. The molecule has 1 amide bonds. The molecule has 1 aromatic carbocycles. The summed E-state index contributed by atoms with van der Waals surface area (Å²) in [4.78, 5) is 29.6. The molecule has 1 fully saturated rings. The Labute approximate surface area is 172 Å². The number of hydrogen-bond acceptors (Lipinski definition) is 4. The van der Waals surface area contributed by atoms with Gasteiger partial charge >= 0.3 is 12.1 Å². The van der Waals surface area contributed by atoms with Crippen LogP contribution in [-0.2, 0) is 27.1 Å². The summed E-state index contributed by atoms with van der Waals surface area (Å²) in [5.41, 5.74) is 2.90. The number of carbonyl (C=O) groups excluding carboxylic acids is 2. The highest BCUT2D eigenvalue weighted by Crippen LogP contribution is 2.25. The predicted octanol–water partition coefficient (Wildman–Crippen LogP) is 4.61. The van der Waals surface area contributed by atoms with Crippen molar-refractivity contribution in [3.8, 4) is 0 Å². The smallest absolute Gasteiger partial charge is 0.409 e. The average Bonchev–Trinajstić information content (AvgIpc) is 3.03. The Morgan fingerprint density at radius 2 is 1.90 bits per heavy atom. The molecular weight excluding hydrogens is 368 g/mol. The zero-order valence-corrected chi connectivity index (χ0v) is 17.7. The van der Waals surface area contributed by atoms with Crippen LogP contribution in [0.25, 0.3) is 10.9 Å². The number of ether oxygens (including phenoxy) is 2. The zero-order chi connectivity index (χ0) is 20.8. The molecule has 0 spiro atoms. The second-order valence-corrected chi connectivity index (χ2v) is 8.16. The minimum absolute atomic E-state index is 0.0492. The Morgan fingerprint density at radius 1 is 1.17 bits per heavy atom. The van der Waals surface area contributed by atoms with E-state index in [1.54, 1.807) is 11.9 Å². The van der Waals surface area contributed by atoms with Crippen molar-refractivity contribution in [3.05, 3.63) is 35.5 Å². The number of rotatable bonds is 7. The summed E-state index contributed by atoms with van der Waals surface area (Å²) in [6.07, 6.45) is 5.89. The number of hydrogen-bond donors (Lipinski definition) is 1. The lowest BCUT2D eigenvalue weighted by atomic mass is 9.98. The molecule has 0 bridgehead atoms. The summed E-state index contributed by atoms with van der Waals surface area (Å²) in [6, 6.07) is 7.99. The zero-order valence-electron chi connectivity index (χ0n) is 17.7. The fourth-order valence-corrected chi connectivity index (χ4v) is 3.93. The lowest BCUT2D eigenvalue weighted by Gasteiger charge is -2.25. The number of para-hydroxylation sites is 1. The summed E-state index contributed by atoms with van der Waals surface area (Å²) < 4.78 is 11.0. The van der Waals surface area contributed by atoms with E-state index in [4.69, 9.17) is 9.47 Å². The van der Waals surface area contributed by atoms with Crippen LogP contribution in [0, 0.1) is 0 Å². The summed E-state index contributed by atoms with van der Waals surface area (Å²) in [6.45, 7) is 4.22. The number of H-pyrrole nitrogens is 1. The molecular formula is C23H32N2O4. The van der Waals surface area contributed by atoms with Crippen molar-refractivity contribution in [2.75, 3.05) is 13.6 Å². The molecule has 2 aromatic rings. The SMILES string of the molecule is CC(C)OC(=O)Cc1[nH]c2ccccc2c1CCN(C)C(=O)OC1CCCCC1. The maximum Gasteiger partial charge on any atom is 0.409 e. The summed E-state index contributed by atoms with van der Waals surface area (Å²) in [5, 5.41) is 1.08. The van der Waals surface area contributed by atoms with Gasteiger partial charge in [-0.05, 0) is 57.6 Å². The normalized spacial score (nSPS) is 14.9. The van der Waals surface area contributed by atoms with Crippen molar-refractivity contribution in [2.45, 2.75) is 71.0 Å². The van der Waals surface area contributed by atoms with E-state index in [2.05, 4.69) is 4.98 Å². The molecule has 0 radical (unpaired) electrons. The molecule has 6 heteroatoms. The highest BCUT2D eigenvalue weighted by Gasteiger charge is 2.21. The fraction of sp³-hybridized carbons (Fsp3) is 0.565. The van der Waals surface area contributed by atoms with E-state index in [1.807, 2.05) is 38.1 Å². The quantitative estimate of drug-likeness (QED) is 0.689. The first-order valence-corrected chi connectivity index (χ1v) is 10.6. The van der Waals surface area contributed by atoms with Crippen molar-refractivity contribution < 1.29 is 19.1 Å². The van der Waals surface area contributed by atoms with Gasteiger partial charge in [-0.3, -0.25) is 4.79 Å². The maximum atomic E-state index is 12.4. The Balaban J connectivity index is 1.66. The number of fused-ring (bicyclic) bond motifs is 1. The van der Waals surface area contributed by atoms with Crippen LogP contribution >= 0.6 is 0 Å². The number of amides is 1. The molecule has 0 saturated heterocycles. The molecule has 1 heterocycles. The van der Waals surface area contributed by atoms with Crippen LogP contribution in [0.2, 0.25) is 0 Å². The van der Waals surface area contributed by atoms with Gasteiger partial charge in [-0.1, -0.05) is 24.6 Å². The number of esters is 1. The minimum atomic E-state index is -0.266. The van der Waals surface area contributed by atoms with Crippen LogP contribution in [0.1, 0.15) is 57.2 Å². The molecule has 0 aliphatic heterocycles. The molecule has 1 N–H and O–H groups in total. The molecule has 0 unspecified atom stereocenters. The number of aromatic amines is 1. The van der Waals surface area contributed by atoms with E-state index in [0.717, 1.165) is 47.8 Å². The van der Waals surface area contributed by atoms with E-state index in [1.165, 1.54) is 6.42 Å². The van der Waals surface area contributed by atoms with Gasteiger partial charge in [0.05, 0.1) is 12.5 Å². The monoisotopic (exact) mass is 400 g/mol. The average molecular weight is 401 g/mol. The summed E-state index contributed by atoms with van der Waals surface area (Å²) >= 11 is 0. The number of benzene rings is 1. The van der Waals surface area contributed by atoms with Crippen molar-refractivity contribution >= 4 is 23.0 Å². The minimum Gasteiger partial charge on any atom is -0.463 e. The molecule has 1 aliphatic carbocycles. The number of nitrogens with zero attached hydrogens (tertiary/aromatic N) is 1. The molecule has 6 nitrogen and oxygen atoms in total. The van der Waals surface area contributed by atoms with Gasteiger partial charge in [-0.15, -0.1) is 0 Å². The first-order valence-electron chi connectivity index (χ1n) is 10.6. The number of aromatic nitrogens is 1. The highest BCUT2D eigenvalue weighted by molar-refractivity contribution is 5.86. The Morgan fingerprint density at radius 3 is 2.62 bits per heavy atom. The Bertz CT molecular complexity index is 837. The molecule has 0 atom stereocenters. The molecule has 1 aliphatic rings. The lowest BCUT2D eigenvalue weighted by molar-refractivity contribution is -0.146. The van der Waals surface area contributed by atoms with Gasteiger partial charge in [0, 0.05) is 30.2 Å². The maximum absolute atomic E-state index is 12.4. The van der Waals surface area contributed by atoms with Crippen molar-refractivity contribution in [1.82, 2.24) is 9.88 Å². The number of nitrogens with one attached hydrogen (secondary N) is 1. The highest BCUT2D eigenvalue weighted by atomic mass is 16.6. The van der Waals surface area contributed by atoms with Crippen LogP contribution in [0.15, 0.2) is 24.3 Å². The van der Waals surface area contributed by atoms with E-state index in [-0.39, 0.29) is 30.7 Å². The van der Waals surface area contributed by atoms with Crippen LogP contribution < -0.4 is 0 Å². The third-order valence-corrected chi connectivity index (χ3v) is 5.42. The second-order valence-electron chi connectivity index (χ2n) is 8.16. The molecule has 3 rings (SSSR count). The van der Waals surface area contributed by atoms with Gasteiger partial charge in [-0.25, -0.2) is 4.79 Å². The van der Waals surface area contributed by atoms with Crippen molar-refractivity contribution in [1.29, 1.82) is 0 Å². The fourth-order valence-electron chi connectivity index (χ4n) is 3.93. The van der Waals surface area contributed by atoms with E-state index < -0.39 is 0 Å².